The van der Waals surface area contributed by atoms with Gasteiger partial charge in [0.2, 0.25) is 0 Å². The molecule has 0 aromatic rings. The summed E-state index contributed by atoms with van der Waals surface area (Å²) in [5, 5.41) is 8.28. The second kappa shape index (κ2) is 11.3. The molecule has 0 heterocycles. The summed E-state index contributed by atoms with van der Waals surface area (Å²) in [7, 11) is 0. The number of thioether (sulfide) groups is 1. The molecule has 0 saturated heterocycles. The quantitative estimate of drug-likeness (QED) is 0.445. The van der Waals surface area contributed by atoms with Crippen LogP contribution in [0.25, 0.3) is 0 Å². The van der Waals surface area contributed by atoms with E-state index in [4.69, 9.17) is 14.7 Å². The molecular formula is C10H17NO3S. The molecule has 4 nitrogen and oxygen atoms in total. The van der Waals surface area contributed by atoms with Crippen LogP contribution < -0.4 is 0 Å². The Labute approximate surface area is 94.9 Å². The third kappa shape index (κ3) is 11.2. The van der Waals surface area contributed by atoms with Gasteiger partial charge in [-0.25, -0.2) is 0 Å². The van der Waals surface area contributed by atoms with E-state index in [9.17, 15) is 4.79 Å². The summed E-state index contributed by atoms with van der Waals surface area (Å²) >= 11 is 1.50. The lowest BCUT2D eigenvalue weighted by Crippen LogP contribution is -2.12. The van der Waals surface area contributed by atoms with E-state index >= 15 is 0 Å². The molecule has 0 radical (unpaired) electrons. The molecule has 0 aliphatic carbocycles. The first kappa shape index (κ1) is 14.3. The minimum Gasteiger partial charge on any atom is -0.463 e. The molecule has 0 bridgehead atoms. The molecule has 0 saturated carbocycles. The molecule has 0 aliphatic heterocycles. The van der Waals surface area contributed by atoms with Crippen molar-refractivity contribution >= 4 is 17.7 Å². The van der Waals surface area contributed by atoms with Crippen molar-refractivity contribution in [2.45, 2.75) is 19.8 Å². The molecule has 5 heteroatoms. The summed E-state index contributed by atoms with van der Waals surface area (Å²) < 4.78 is 9.92. The number of hydrogen-bond donors (Lipinski definition) is 0. The van der Waals surface area contributed by atoms with E-state index in [1.807, 2.05) is 6.92 Å². The second-order valence-corrected chi connectivity index (χ2v) is 3.84. The van der Waals surface area contributed by atoms with Crippen LogP contribution in [0.2, 0.25) is 0 Å². The minimum absolute atomic E-state index is 0.211. The Kier molecular flexibility index (Phi) is 10.8. The molecule has 0 fully saturated rings. The highest BCUT2D eigenvalue weighted by atomic mass is 32.2. The van der Waals surface area contributed by atoms with Crippen LogP contribution in [-0.2, 0) is 14.3 Å². The summed E-state index contributed by atoms with van der Waals surface area (Å²) in [4.78, 5) is 11.1. The first-order valence-corrected chi connectivity index (χ1v) is 6.14. The Morgan fingerprint density at radius 1 is 1.47 bits per heavy atom. The monoisotopic (exact) mass is 231 g/mol. The van der Waals surface area contributed by atoms with Gasteiger partial charge in [-0.2, -0.15) is 17.0 Å². The third-order valence-corrected chi connectivity index (χ3v) is 2.51. The van der Waals surface area contributed by atoms with Gasteiger partial charge in [0.05, 0.1) is 18.4 Å². The summed E-state index contributed by atoms with van der Waals surface area (Å²) in [6, 6.07) is 2.06. The summed E-state index contributed by atoms with van der Waals surface area (Å²) in [6.07, 6.45) is 1.37. The maximum atomic E-state index is 11.1. The number of unbranched alkanes of at least 4 members (excludes halogenated alkanes) is 1. The van der Waals surface area contributed by atoms with Gasteiger partial charge in [0.1, 0.15) is 6.61 Å². The van der Waals surface area contributed by atoms with Crippen LogP contribution in [0.3, 0.4) is 0 Å². The van der Waals surface area contributed by atoms with Crippen molar-refractivity contribution in [3.8, 4) is 6.07 Å². The Balaban J connectivity index is 3.16. The number of esters is 1. The van der Waals surface area contributed by atoms with Crippen LogP contribution in [0, 0.1) is 11.3 Å². The molecule has 0 rings (SSSR count). The van der Waals surface area contributed by atoms with Gasteiger partial charge in [-0.15, -0.1) is 0 Å². The Bertz CT molecular complexity index is 203. The van der Waals surface area contributed by atoms with Gasteiger partial charge in [-0.1, -0.05) is 0 Å². The summed E-state index contributed by atoms with van der Waals surface area (Å²) in [5.41, 5.74) is 0. The standard InChI is InChI=1S/C10H17NO3S/c1-2-13-6-7-14-10(12)9-15-8-4-3-5-11/h2-4,6-9H2,1H3. The van der Waals surface area contributed by atoms with Crippen LogP contribution in [0.4, 0.5) is 0 Å². The van der Waals surface area contributed by atoms with Crippen molar-refractivity contribution < 1.29 is 14.3 Å². The van der Waals surface area contributed by atoms with Crippen molar-refractivity contribution in [3.63, 3.8) is 0 Å². The number of carbonyl (C=O) groups is 1. The Morgan fingerprint density at radius 2 is 2.27 bits per heavy atom. The SMILES string of the molecule is CCOCCOC(=O)CSCCCC#N. The van der Waals surface area contributed by atoms with Crippen molar-refractivity contribution in [2.75, 3.05) is 31.3 Å². The first-order chi connectivity index (χ1) is 7.31. The topological polar surface area (TPSA) is 59.3 Å². The molecule has 0 aromatic carbocycles. The zero-order valence-electron chi connectivity index (χ0n) is 9.03. The lowest BCUT2D eigenvalue weighted by molar-refractivity contribution is -0.141. The normalized spacial score (nSPS) is 9.60. The van der Waals surface area contributed by atoms with Gasteiger partial charge in [0.15, 0.2) is 0 Å². The highest BCUT2D eigenvalue weighted by molar-refractivity contribution is 7.99. The van der Waals surface area contributed by atoms with Crippen molar-refractivity contribution in [1.29, 1.82) is 5.26 Å². The smallest absolute Gasteiger partial charge is 0.315 e. The predicted molar refractivity (Wildman–Crippen MR) is 59.6 cm³/mol. The fraction of sp³-hybridized carbons (Fsp3) is 0.800. The number of carbonyl (C=O) groups excluding carboxylic acids is 1. The molecular weight excluding hydrogens is 214 g/mol. The van der Waals surface area contributed by atoms with E-state index in [2.05, 4.69) is 6.07 Å². The molecule has 15 heavy (non-hydrogen) atoms. The summed E-state index contributed by atoms with van der Waals surface area (Å²) in [5.74, 6) is 0.975. The summed E-state index contributed by atoms with van der Waals surface area (Å²) in [6.45, 7) is 3.32. The molecule has 0 aliphatic rings. The van der Waals surface area contributed by atoms with Crippen LogP contribution >= 0.6 is 11.8 Å². The maximum absolute atomic E-state index is 11.1. The number of ether oxygens (including phenoxy) is 2. The molecule has 0 amide bonds. The van der Waals surface area contributed by atoms with Crippen molar-refractivity contribution in [1.82, 2.24) is 0 Å². The highest BCUT2D eigenvalue weighted by Crippen LogP contribution is 2.04. The highest BCUT2D eigenvalue weighted by Gasteiger charge is 2.01. The van der Waals surface area contributed by atoms with E-state index in [1.54, 1.807) is 0 Å². The average molecular weight is 231 g/mol. The fourth-order valence-corrected chi connectivity index (χ4v) is 1.55. The molecule has 0 aromatic heterocycles. The van der Waals surface area contributed by atoms with Crippen LogP contribution in [-0.4, -0.2) is 37.3 Å². The number of rotatable bonds is 9. The van der Waals surface area contributed by atoms with Gasteiger partial charge in [-0.05, 0) is 19.1 Å². The van der Waals surface area contributed by atoms with E-state index in [-0.39, 0.29) is 5.97 Å². The molecule has 0 atom stereocenters. The van der Waals surface area contributed by atoms with E-state index in [0.717, 1.165) is 12.2 Å². The van der Waals surface area contributed by atoms with Gasteiger partial charge in [-0.3, -0.25) is 4.79 Å². The van der Waals surface area contributed by atoms with Crippen molar-refractivity contribution in [3.05, 3.63) is 0 Å². The Hall–Kier alpha value is -0.730. The van der Waals surface area contributed by atoms with Gasteiger partial charge < -0.3 is 9.47 Å². The predicted octanol–water partition coefficient (Wildman–Crippen LogP) is 1.60. The average Bonchev–Trinajstić information content (AvgIpc) is 2.24. The third-order valence-electron chi connectivity index (χ3n) is 1.49. The molecule has 0 spiro atoms. The molecule has 0 N–H and O–H groups in total. The van der Waals surface area contributed by atoms with Crippen LogP contribution in [0.15, 0.2) is 0 Å². The zero-order chi connectivity index (χ0) is 11.4. The van der Waals surface area contributed by atoms with Gasteiger partial charge >= 0.3 is 5.97 Å². The van der Waals surface area contributed by atoms with E-state index in [1.165, 1.54) is 11.8 Å². The lowest BCUT2D eigenvalue weighted by Gasteiger charge is -2.04. The molecule has 86 valence electrons. The molecule has 0 unspecified atom stereocenters. The van der Waals surface area contributed by atoms with Crippen molar-refractivity contribution in [2.24, 2.45) is 0 Å². The van der Waals surface area contributed by atoms with Crippen LogP contribution in [0.1, 0.15) is 19.8 Å². The van der Waals surface area contributed by atoms with E-state index < -0.39 is 0 Å². The van der Waals surface area contributed by atoms with Crippen LogP contribution in [0.5, 0.6) is 0 Å². The number of hydrogen-bond acceptors (Lipinski definition) is 5. The van der Waals surface area contributed by atoms with Gasteiger partial charge in [0, 0.05) is 13.0 Å². The fourth-order valence-electron chi connectivity index (χ4n) is 0.809. The first-order valence-electron chi connectivity index (χ1n) is 4.99. The Morgan fingerprint density at radius 3 is 2.93 bits per heavy atom. The largest absolute Gasteiger partial charge is 0.463 e. The second-order valence-electron chi connectivity index (χ2n) is 2.73. The zero-order valence-corrected chi connectivity index (χ0v) is 9.85. The number of nitriles is 1. The van der Waals surface area contributed by atoms with E-state index in [0.29, 0.717) is 32.0 Å². The number of nitrogens with zero attached hydrogens (tertiary/aromatic N) is 1. The minimum atomic E-state index is -0.211. The lowest BCUT2D eigenvalue weighted by atomic mass is 10.4. The maximum Gasteiger partial charge on any atom is 0.315 e. The van der Waals surface area contributed by atoms with Gasteiger partial charge in [0.25, 0.3) is 0 Å².